The molecule has 20 heavy (non-hydrogen) atoms. The highest BCUT2D eigenvalue weighted by molar-refractivity contribution is 5.57. The van der Waals surface area contributed by atoms with E-state index in [2.05, 4.69) is 17.1 Å². The van der Waals surface area contributed by atoms with Crippen molar-refractivity contribution in [1.82, 2.24) is 19.6 Å². The molecule has 0 spiro atoms. The van der Waals surface area contributed by atoms with E-state index in [1.807, 2.05) is 0 Å². The van der Waals surface area contributed by atoms with Gasteiger partial charge in [-0.05, 0) is 18.8 Å². The lowest BCUT2D eigenvalue weighted by Crippen LogP contribution is -2.10. The molecule has 1 unspecified atom stereocenters. The molecule has 2 aromatic rings. The molecule has 8 N–H and O–H groups in total. The van der Waals surface area contributed by atoms with Gasteiger partial charge in [0, 0.05) is 13.1 Å². The van der Waals surface area contributed by atoms with Gasteiger partial charge in [0.05, 0.1) is 23.8 Å². The first-order valence-electron chi connectivity index (χ1n) is 6.62. The minimum Gasteiger partial charge on any atom is -0.394 e. The Morgan fingerprint density at radius 2 is 1.80 bits per heavy atom. The van der Waals surface area contributed by atoms with E-state index < -0.39 is 0 Å². The minimum atomic E-state index is 0.387. The third kappa shape index (κ3) is 3.14. The maximum Gasteiger partial charge on any atom is 0.168 e. The van der Waals surface area contributed by atoms with Crippen LogP contribution in [0.3, 0.4) is 0 Å². The van der Waals surface area contributed by atoms with Crippen molar-refractivity contribution < 1.29 is 0 Å². The standard InChI is InChI=1S/C12H22N8/c1-8(2-4-19-7-10(14)11(15)18-19)3-5-20-12(16)9(13)6-17-20/h6-8H,2-5,13-14,16H2,1H3,(H2,15,18). The molecule has 0 aromatic carbocycles. The van der Waals surface area contributed by atoms with Crippen LogP contribution in [0.1, 0.15) is 19.8 Å². The van der Waals surface area contributed by atoms with Crippen LogP contribution in [-0.2, 0) is 13.1 Å². The number of hydrogen-bond acceptors (Lipinski definition) is 6. The zero-order valence-corrected chi connectivity index (χ0v) is 11.7. The minimum absolute atomic E-state index is 0.387. The highest BCUT2D eigenvalue weighted by atomic mass is 15.3. The Kier molecular flexibility index (Phi) is 4.02. The third-order valence-electron chi connectivity index (χ3n) is 3.41. The van der Waals surface area contributed by atoms with Gasteiger partial charge in [-0.3, -0.25) is 4.68 Å². The summed E-state index contributed by atoms with van der Waals surface area (Å²) in [5.41, 5.74) is 23.8. The number of rotatable bonds is 6. The van der Waals surface area contributed by atoms with E-state index in [-0.39, 0.29) is 0 Å². The molecule has 0 bridgehead atoms. The molecule has 0 saturated heterocycles. The van der Waals surface area contributed by atoms with Gasteiger partial charge < -0.3 is 22.9 Å². The summed E-state index contributed by atoms with van der Waals surface area (Å²) in [6, 6.07) is 0. The van der Waals surface area contributed by atoms with E-state index >= 15 is 0 Å². The number of nitrogens with two attached hydrogens (primary N) is 4. The summed E-state index contributed by atoms with van der Waals surface area (Å²) in [6.07, 6.45) is 5.29. The van der Waals surface area contributed by atoms with Crippen molar-refractivity contribution >= 4 is 23.0 Å². The first-order valence-corrected chi connectivity index (χ1v) is 6.62. The largest absolute Gasteiger partial charge is 0.394 e. The SMILES string of the molecule is CC(CCn1cc(N)c(N)n1)CCn1ncc(N)c1N. The van der Waals surface area contributed by atoms with E-state index in [0.717, 1.165) is 25.9 Å². The van der Waals surface area contributed by atoms with E-state index in [0.29, 0.717) is 28.9 Å². The monoisotopic (exact) mass is 278 g/mol. The fraction of sp³-hybridized carbons (Fsp3) is 0.500. The van der Waals surface area contributed by atoms with Gasteiger partial charge in [0.25, 0.3) is 0 Å². The molecule has 2 aromatic heterocycles. The lowest BCUT2D eigenvalue weighted by Gasteiger charge is -2.12. The Hall–Kier alpha value is -2.38. The zero-order chi connectivity index (χ0) is 14.7. The molecule has 0 saturated carbocycles. The van der Waals surface area contributed by atoms with Crippen LogP contribution in [0.5, 0.6) is 0 Å². The van der Waals surface area contributed by atoms with Crippen LogP contribution in [0.25, 0.3) is 0 Å². The topological polar surface area (TPSA) is 140 Å². The Morgan fingerprint density at radius 3 is 2.35 bits per heavy atom. The maximum absolute atomic E-state index is 5.81. The smallest absolute Gasteiger partial charge is 0.168 e. The van der Waals surface area contributed by atoms with Gasteiger partial charge in [0.15, 0.2) is 5.82 Å². The Labute approximate surface area is 117 Å². The van der Waals surface area contributed by atoms with E-state index in [1.165, 1.54) is 0 Å². The van der Waals surface area contributed by atoms with Crippen LogP contribution in [0.4, 0.5) is 23.0 Å². The van der Waals surface area contributed by atoms with Crippen molar-refractivity contribution in [2.24, 2.45) is 5.92 Å². The normalized spacial score (nSPS) is 12.7. The molecule has 110 valence electrons. The second-order valence-electron chi connectivity index (χ2n) is 5.12. The van der Waals surface area contributed by atoms with Crippen molar-refractivity contribution in [3.05, 3.63) is 12.4 Å². The van der Waals surface area contributed by atoms with Crippen molar-refractivity contribution in [3.8, 4) is 0 Å². The van der Waals surface area contributed by atoms with Gasteiger partial charge >= 0.3 is 0 Å². The van der Waals surface area contributed by atoms with Gasteiger partial charge in [-0.15, -0.1) is 0 Å². The lowest BCUT2D eigenvalue weighted by molar-refractivity contribution is 0.402. The fourth-order valence-electron chi connectivity index (χ4n) is 1.99. The van der Waals surface area contributed by atoms with Gasteiger partial charge in [0.1, 0.15) is 5.82 Å². The van der Waals surface area contributed by atoms with E-state index in [9.17, 15) is 0 Å². The summed E-state index contributed by atoms with van der Waals surface area (Å²) >= 11 is 0. The number of hydrogen-bond donors (Lipinski definition) is 4. The second-order valence-corrected chi connectivity index (χ2v) is 5.12. The average Bonchev–Trinajstić information content (AvgIpc) is 2.90. The van der Waals surface area contributed by atoms with Crippen LogP contribution < -0.4 is 22.9 Å². The highest BCUT2D eigenvalue weighted by Crippen LogP contribution is 2.17. The molecule has 1 atom stereocenters. The van der Waals surface area contributed by atoms with Crippen LogP contribution in [0.2, 0.25) is 0 Å². The van der Waals surface area contributed by atoms with Crippen LogP contribution in [0, 0.1) is 5.92 Å². The molecule has 8 nitrogen and oxygen atoms in total. The third-order valence-corrected chi connectivity index (χ3v) is 3.41. The molecule has 0 amide bonds. The predicted molar refractivity (Wildman–Crippen MR) is 80.5 cm³/mol. The number of nitrogens with zero attached hydrogens (tertiary/aromatic N) is 4. The number of anilines is 4. The van der Waals surface area contributed by atoms with Crippen molar-refractivity contribution in [2.45, 2.75) is 32.9 Å². The number of aryl methyl sites for hydroxylation is 2. The summed E-state index contributed by atoms with van der Waals surface area (Å²) in [5, 5.41) is 8.27. The molecule has 0 radical (unpaired) electrons. The Bertz CT molecular complexity index is 551. The summed E-state index contributed by atoms with van der Waals surface area (Å²) in [7, 11) is 0. The Morgan fingerprint density at radius 1 is 1.10 bits per heavy atom. The molecular weight excluding hydrogens is 256 g/mol. The van der Waals surface area contributed by atoms with Crippen molar-refractivity contribution in [3.63, 3.8) is 0 Å². The van der Waals surface area contributed by atoms with Crippen LogP contribution in [-0.4, -0.2) is 19.6 Å². The molecule has 0 aliphatic rings. The summed E-state index contributed by atoms with van der Waals surface area (Å²) < 4.78 is 3.51. The quantitative estimate of drug-likeness (QED) is 0.607. The summed E-state index contributed by atoms with van der Waals surface area (Å²) in [4.78, 5) is 0. The first-order chi connectivity index (χ1) is 9.47. The second kappa shape index (κ2) is 5.72. The molecule has 0 aliphatic heterocycles. The van der Waals surface area contributed by atoms with Gasteiger partial charge in [0.2, 0.25) is 0 Å². The molecule has 8 heteroatoms. The molecular formula is C12H22N8. The summed E-state index contributed by atoms with van der Waals surface area (Å²) in [5.74, 6) is 1.42. The predicted octanol–water partition coefficient (Wildman–Crippen LogP) is 0.525. The lowest BCUT2D eigenvalue weighted by atomic mass is 10.0. The highest BCUT2D eigenvalue weighted by Gasteiger charge is 2.08. The number of aromatic nitrogens is 4. The number of nitrogen functional groups attached to an aromatic ring is 4. The van der Waals surface area contributed by atoms with Gasteiger partial charge in [-0.25, -0.2) is 4.68 Å². The molecule has 0 fully saturated rings. The van der Waals surface area contributed by atoms with Crippen LogP contribution >= 0.6 is 0 Å². The maximum atomic E-state index is 5.81. The van der Waals surface area contributed by atoms with Gasteiger partial charge in [-0.2, -0.15) is 10.2 Å². The van der Waals surface area contributed by atoms with Crippen molar-refractivity contribution in [2.75, 3.05) is 22.9 Å². The first kappa shape index (κ1) is 14.0. The van der Waals surface area contributed by atoms with E-state index in [4.69, 9.17) is 22.9 Å². The van der Waals surface area contributed by atoms with Crippen LogP contribution in [0.15, 0.2) is 12.4 Å². The van der Waals surface area contributed by atoms with Crippen molar-refractivity contribution in [1.29, 1.82) is 0 Å². The fourth-order valence-corrected chi connectivity index (χ4v) is 1.99. The Balaban J connectivity index is 1.78. The zero-order valence-electron chi connectivity index (χ0n) is 11.7. The van der Waals surface area contributed by atoms with E-state index in [1.54, 1.807) is 21.8 Å². The summed E-state index contributed by atoms with van der Waals surface area (Å²) in [6.45, 7) is 3.73. The molecule has 0 aliphatic carbocycles. The van der Waals surface area contributed by atoms with Gasteiger partial charge in [-0.1, -0.05) is 6.92 Å². The molecule has 2 rings (SSSR count). The average molecular weight is 278 g/mol. The molecule has 2 heterocycles.